The molecule has 4 rings (SSSR count). The number of amides is 1. The van der Waals surface area contributed by atoms with Gasteiger partial charge in [0.2, 0.25) is 5.91 Å². The molecule has 1 fully saturated rings. The second-order valence-electron chi connectivity index (χ2n) is 7.13. The zero-order valence-corrected chi connectivity index (χ0v) is 17.3. The second-order valence-corrected chi connectivity index (χ2v) is 8.76. The number of benzene rings is 1. The maximum atomic E-state index is 12.5. The van der Waals surface area contributed by atoms with Gasteiger partial charge in [-0.25, -0.2) is 9.48 Å². The zero-order valence-electron chi connectivity index (χ0n) is 15.7. The molecule has 1 aromatic heterocycles. The number of anilines is 2. The Morgan fingerprint density at radius 1 is 1.18 bits per heavy atom. The van der Waals surface area contributed by atoms with Crippen molar-refractivity contribution in [2.75, 3.05) is 34.8 Å². The molecule has 0 atom stereocenters. The molecule has 28 heavy (non-hydrogen) atoms. The number of thioether (sulfide) groups is 1. The lowest BCUT2D eigenvalue weighted by molar-refractivity contribution is -0.117. The molecule has 1 aromatic carbocycles. The van der Waals surface area contributed by atoms with Crippen molar-refractivity contribution in [3.63, 3.8) is 0 Å². The van der Waals surface area contributed by atoms with Crippen molar-refractivity contribution in [2.45, 2.75) is 38.8 Å². The number of carbonyl (C=O) groups is 1. The number of fused-ring (bicyclic) bond motifs is 1. The number of nitrogens with zero attached hydrogens (tertiary/aromatic N) is 4. The molecule has 1 amide bonds. The lowest BCUT2D eigenvalue weighted by Crippen LogP contribution is -2.32. The summed E-state index contributed by atoms with van der Waals surface area (Å²) >= 11 is 8.39. The number of aryl methyl sites for hydroxylation is 1. The zero-order chi connectivity index (χ0) is 19.5. The number of hydrogen-bond acceptors (Lipinski definition) is 5. The summed E-state index contributed by atoms with van der Waals surface area (Å²) in [5, 5.41) is 7.80. The van der Waals surface area contributed by atoms with E-state index in [2.05, 4.69) is 15.3 Å². The average Bonchev–Trinajstić information content (AvgIpc) is 2.85. The summed E-state index contributed by atoms with van der Waals surface area (Å²) in [5.41, 5.74) is 1.41. The van der Waals surface area contributed by atoms with Crippen LogP contribution in [-0.4, -0.2) is 44.8 Å². The highest BCUT2D eigenvalue weighted by Gasteiger charge is 2.18. The summed E-state index contributed by atoms with van der Waals surface area (Å²) in [6.45, 7) is 2.54. The van der Waals surface area contributed by atoms with Crippen LogP contribution in [-0.2, 0) is 24.3 Å². The van der Waals surface area contributed by atoms with E-state index in [1.807, 2.05) is 23.9 Å². The predicted octanol–water partition coefficient (Wildman–Crippen LogP) is 2.62. The minimum atomic E-state index is -0.284. The van der Waals surface area contributed by atoms with Crippen LogP contribution in [0.2, 0.25) is 5.02 Å². The number of halogens is 1. The Morgan fingerprint density at radius 2 is 2.00 bits per heavy atom. The van der Waals surface area contributed by atoms with Gasteiger partial charge in [0.1, 0.15) is 12.4 Å². The highest BCUT2D eigenvalue weighted by atomic mass is 35.5. The minimum absolute atomic E-state index is 0.0957. The van der Waals surface area contributed by atoms with Crippen LogP contribution in [0.25, 0.3) is 0 Å². The molecule has 0 radical (unpaired) electrons. The molecule has 0 unspecified atom stereocenters. The summed E-state index contributed by atoms with van der Waals surface area (Å²) in [5.74, 6) is 2.69. The first kappa shape index (κ1) is 19.4. The van der Waals surface area contributed by atoms with E-state index < -0.39 is 0 Å². The molecule has 0 spiro atoms. The molecule has 2 aliphatic rings. The molecular formula is C19H24ClN5O2S. The van der Waals surface area contributed by atoms with E-state index in [0.717, 1.165) is 61.8 Å². The Kier molecular flexibility index (Phi) is 5.96. The number of nitrogens with one attached hydrogen (secondary N) is 1. The third kappa shape index (κ3) is 4.22. The van der Waals surface area contributed by atoms with Crippen molar-refractivity contribution in [3.05, 3.63) is 39.5 Å². The van der Waals surface area contributed by atoms with E-state index >= 15 is 0 Å². The Labute approximate surface area is 173 Å². The molecule has 0 bridgehead atoms. The quantitative estimate of drug-likeness (QED) is 0.821. The second kappa shape index (κ2) is 8.61. The lowest BCUT2D eigenvalue weighted by atomic mass is 10.2. The van der Waals surface area contributed by atoms with Crippen LogP contribution < -0.4 is 15.9 Å². The molecule has 2 aliphatic heterocycles. The standard InChI is InChI=1S/C19H24ClN5O2S/c20-15-12-14(5-6-16(15)23-8-10-28-11-9-23)21-18(26)13-25-19(27)24-7-3-1-2-4-17(24)22-25/h5-6,12H,1-4,7-11,13H2,(H,21,26). The van der Waals surface area contributed by atoms with E-state index in [0.29, 0.717) is 17.3 Å². The number of aromatic nitrogens is 3. The van der Waals surface area contributed by atoms with Crippen molar-refractivity contribution in [1.29, 1.82) is 0 Å². The summed E-state index contributed by atoms with van der Waals surface area (Å²) in [4.78, 5) is 27.2. The smallest absolute Gasteiger partial charge is 0.346 e. The molecule has 2 aromatic rings. The van der Waals surface area contributed by atoms with Crippen LogP contribution in [0.1, 0.15) is 25.1 Å². The predicted molar refractivity (Wildman–Crippen MR) is 114 cm³/mol. The Hall–Kier alpha value is -1.93. The number of carbonyl (C=O) groups excluding carboxylic acids is 1. The highest BCUT2D eigenvalue weighted by Crippen LogP contribution is 2.30. The monoisotopic (exact) mass is 421 g/mol. The van der Waals surface area contributed by atoms with Crippen molar-refractivity contribution in [2.24, 2.45) is 0 Å². The van der Waals surface area contributed by atoms with Gasteiger partial charge in [-0.15, -0.1) is 0 Å². The van der Waals surface area contributed by atoms with E-state index in [9.17, 15) is 9.59 Å². The van der Waals surface area contributed by atoms with Gasteiger partial charge in [-0.2, -0.15) is 16.9 Å². The fraction of sp³-hybridized carbons (Fsp3) is 0.526. The number of hydrogen-bond donors (Lipinski definition) is 1. The van der Waals surface area contributed by atoms with Crippen molar-refractivity contribution >= 4 is 40.6 Å². The Balaban J connectivity index is 1.43. The molecule has 1 saturated heterocycles. The third-order valence-corrected chi connectivity index (χ3v) is 6.40. The summed E-state index contributed by atoms with van der Waals surface area (Å²) in [6.07, 6.45) is 3.90. The highest BCUT2D eigenvalue weighted by molar-refractivity contribution is 7.99. The number of rotatable bonds is 4. The third-order valence-electron chi connectivity index (χ3n) is 5.16. The molecule has 3 heterocycles. The van der Waals surface area contributed by atoms with E-state index in [1.54, 1.807) is 10.6 Å². The van der Waals surface area contributed by atoms with Gasteiger partial charge < -0.3 is 10.2 Å². The van der Waals surface area contributed by atoms with Gasteiger partial charge in [0.15, 0.2) is 0 Å². The van der Waals surface area contributed by atoms with Crippen LogP contribution >= 0.6 is 23.4 Å². The van der Waals surface area contributed by atoms with Crippen molar-refractivity contribution in [3.8, 4) is 0 Å². The van der Waals surface area contributed by atoms with Gasteiger partial charge in [-0.3, -0.25) is 9.36 Å². The SMILES string of the molecule is O=C(Cn1nc2n(c1=O)CCCCC2)Nc1ccc(N2CCSCC2)c(Cl)c1. The van der Waals surface area contributed by atoms with Gasteiger partial charge in [-0.1, -0.05) is 18.0 Å². The van der Waals surface area contributed by atoms with E-state index in [1.165, 1.54) is 4.68 Å². The maximum absolute atomic E-state index is 12.5. The molecule has 7 nitrogen and oxygen atoms in total. The van der Waals surface area contributed by atoms with E-state index in [4.69, 9.17) is 11.6 Å². The van der Waals surface area contributed by atoms with Gasteiger partial charge >= 0.3 is 5.69 Å². The molecule has 150 valence electrons. The normalized spacial score (nSPS) is 17.1. The van der Waals surface area contributed by atoms with Crippen molar-refractivity contribution in [1.82, 2.24) is 14.3 Å². The molecule has 1 N–H and O–H groups in total. The van der Waals surface area contributed by atoms with Crippen molar-refractivity contribution < 1.29 is 4.79 Å². The topological polar surface area (TPSA) is 72.2 Å². The lowest BCUT2D eigenvalue weighted by Gasteiger charge is -2.29. The van der Waals surface area contributed by atoms with Crippen LogP contribution in [0.3, 0.4) is 0 Å². The largest absolute Gasteiger partial charge is 0.369 e. The summed E-state index contributed by atoms with van der Waals surface area (Å²) in [7, 11) is 0. The first-order valence-electron chi connectivity index (χ1n) is 9.70. The molecule has 0 aliphatic carbocycles. The maximum Gasteiger partial charge on any atom is 0.346 e. The van der Waals surface area contributed by atoms with Crippen LogP contribution in [0, 0.1) is 0 Å². The average molecular weight is 422 g/mol. The Bertz CT molecular complexity index is 920. The van der Waals surface area contributed by atoms with Crippen LogP contribution in [0.5, 0.6) is 0 Å². The first-order valence-corrected chi connectivity index (χ1v) is 11.2. The summed E-state index contributed by atoms with van der Waals surface area (Å²) in [6, 6.07) is 5.56. The Morgan fingerprint density at radius 3 is 2.79 bits per heavy atom. The molecule has 0 saturated carbocycles. The van der Waals surface area contributed by atoms with Crippen LogP contribution in [0.15, 0.2) is 23.0 Å². The summed E-state index contributed by atoms with van der Waals surface area (Å²) < 4.78 is 2.96. The fourth-order valence-electron chi connectivity index (χ4n) is 3.71. The first-order chi connectivity index (χ1) is 13.6. The van der Waals surface area contributed by atoms with E-state index in [-0.39, 0.29) is 18.1 Å². The van der Waals surface area contributed by atoms with Gasteiger partial charge in [0, 0.05) is 43.2 Å². The molecule has 9 heteroatoms. The fourth-order valence-corrected chi connectivity index (χ4v) is 4.91. The minimum Gasteiger partial charge on any atom is -0.369 e. The van der Waals surface area contributed by atoms with Gasteiger partial charge in [0.05, 0.1) is 10.7 Å². The van der Waals surface area contributed by atoms with Gasteiger partial charge in [-0.05, 0) is 31.0 Å². The van der Waals surface area contributed by atoms with Crippen LogP contribution in [0.4, 0.5) is 11.4 Å². The molecular weight excluding hydrogens is 398 g/mol. The van der Waals surface area contributed by atoms with Gasteiger partial charge in [0.25, 0.3) is 0 Å².